The van der Waals surface area contributed by atoms with Crippen molar-refractivity contribution in [1.29, 1.82) is 0 Å². The molecule has 2 N–H and O–H groups in total. The molecule has 0 bridgehead atoms. The van der Waals surface area contributed by atoms with Crippen LogP contribution in [0.25, 0.3) is 6.08 Å². The number of hydrogen-bond acceptors (Lipinski definition) is 13. The maximum absolute atomic E-state index is 14.4. The average Bonchev–Trinajstić information content (AvgIpc) is 3.44. The normalized spacial score (nSPS) is 38.4. The highest BCUT2D eigenvalue weighted by Gasteiger charge is 2.57. The number of aromatic nitrogens is 1. The van der Waals surface area contributed by atoms with Crippen LogP contribution >= 0.6 is 0 Å². The van der Waals surface area contributed by atoms with E-state index in [4.69, 9.17) is 23.7 Å². The molecule has 1 aromatic rings. The van der Waals surface area contributed by atoms with Gasteiger partial charge in [0, 0.05) is 48.7 Å². The Bertz CT molecular complexity index is 1540. The minimum atomic E-state index is -1.70. The van der Waals surface area contributed by atoms with Crippen LogP contribution < -0.4 is 5.32 Å². The summed E-state index contributed by atoms with van der Waals surface area (Å²) in [7, 11) is 3.66. The molecule has 54 heavy (non-hydrogen) atoms. The van der Waals surface area contributed by atoms with E-state index in [1.807, 2.05) is 32.0 Å². The zero-order chi connectivity index (χ0) is 40.1. The standard InChI is InChI=1S/C40H59N3O11/c1-11-30-40(8)28(19-31(44)53-40)24(4)32(45)22(2)20-39(7,54-38(49)42-17-13-15-27-14-12-16-41-21-27)35(25(5)33(46)26(6)36(48)51-30)52-37-34(47)29(43(9)10)18-23(3)50-37/h12-16,21-26,28-30,34-35,37,47H,11,17-20H2,1-10H3,(H,42,49)/b15-13+/t22-,23-,24-,25+,26-,28-,29+,30-,34-,35-,37+,39-,40+/m1/s1. The average molecular weight is 758 g/mol. The van der Waals surface area contributed by atoms with Gasteiger partial charge in [-0.05, 0) is 72.7 Å². The van der Waals surface area contributed by atoms with Crippen LogP contribution in [0, 0.1) is 29.6 Å². The predicted molar refractivity (Wildman–Crippen MR) is 198 cm³/mol. The molecule has 1 aromatic heterocycles. The maximum Gasteiger partial charge on any atom is 0.408 e. The highest BCUT2D eigenvalue weighted by Crippen LogP contribution is 2.45. The zero-order valence-electron chi connectivity index (χ0n) is 33.3. The van der Waals surface area contributed by atoms with Crippen LogP contribution in [0.3, 0.4) is 0 Å². The molecule has 14 heteroatoms. The molecule has 4 rings (SSSR count). The molecule has 1 amide bonds. The summed E-state index contributed by atoms with van der Waals surface area (Å²) in [5.41, 5.74) is -2.20. The number of fused-ring (bicyclic) bond motifs is 1. The number of cyclic esters (lactones) is 1. The summed E-state index contributed by atoms with van der Waals surface area (Å²) in [4.78, 5) is 74.8. The third-order valence-corrected chi connectivity index (χ3v) is 11.5. The number of Topliss-reactive ketones (excluding diaryl/α,β-unsaturated/α-hetero) is 2. The van der Waals surface area contributed by atoms with Crippen LogP contribution in [-0.4, -0.2) is 113 Å². The Morgan fingerprint density at radius 1 is 1.09 bits per heavy atom. The molecule has 14 nitrogen and oxygen atoms in total. The zero-order valence-corrected chi connectivity index (χ0v) is 33.3. The number of ether oxygens (including phenoxy) is 5. The van der Waals surface area contributed by atoms with E-state index in [0.717, 1.165) is 5.56 Å². The van der Waals surface area contributed by atoms with Crippen molar-refractivity contribution in [3.8, 4) is 0 Å². The van der Waals surface area contributed by atoms with Crippen LogP contribution in [0.4, 0.5) is 4.79 Å². The van der Waals surface area contributed by atoms with Crippen LogP contribution in [0.2, 0.25) is 0 Å². The molecular formula is C40H59N3O11. The predicted octanol–water partition coefficient (Wildman–Crippen LogP) is 4.12. The molecule has 3 saturated heterocycles. The Balaban J connectivity index is 1.78. The highest BCUT2D eigenvalue weighted by atomic mass is 16.7. The van der Waals surface area contributed by atoms with Gasteiger partial charge in [-0.25, -0.2) is 4.79 Å². The van der Waals surface area contributed by atoms with Gasteiger partial charge in [0.25, 0.3) is 0 Å². The lowest BCUT2D eigenvalue weighted by molar-refractivity contribution is -0.292. The number of carbonyl (C=O) groups is 5. The summed E-state index contributed by atoms with van der Waals surface area (Å²) in [5.74, 6) is -6.77. The van der Waals surface area contributed by atoms with Crippen molar-refractivity contribution in [2.75, 3.05) is 20.6 Å². The first kappa shape index (κ1) is 43.0. The number of rotatable bonds is 8. The SMILES string of the molecule is CC[C@H]1OC(=O)[C@H](C)C(=O)[C@H](C)[C@@H](O[C@@H]2O[C@H](C)C[C@H](N(C)C)[C@H]2O)[C@](C)(OC(=O)NC/C=C/c2cccnc2)C[C@@H](C)C(=O)[C@H](C)[C@H]2CC(=O)O[C@@]21C. The molecule has 3 aliphatic heterocycles. The summed E-state index contributed by atoms with van der Waals surface area (Å²) in [6.07, 6.45) is 1.58. The molecule has 0 aliphatic carbocycles. The fraction of sp³-hybridized carbons (Fsp3) is 0.700. The van der Waals surface area contributed by atoms with E-state index >= 15 is 0 Å². The van der Waals surface area contributed by atoms with Gasteiger partial charge in [-0.3, -0.25) is 24.2 Å². The smallest absolute Gasteiger partial charge is 0.408 e. The monoisotopic (exact) mass is 757 g/mol. The molecule has 3 fully saturated rings. The Hall–Kier alpha value is -3.72. The molecule has 3 aliphatic rings. The van der Waals surface area contributed by atoms with E-state index in [0.29, 0.717) is 6.42 Å². The Labute approximate surface area is 318 Å². The topological polar surface area (TPSA) is 180 Å². The lowest BCUT2D eigenvalue weighted by Gasteiger charge is -2.47. The van der Waals surface area contributed by atoms with Gasteiger partial charge in [0.15, 0.2) is 12.1 Å². The lowest BCUT2D eigenvalue weighted by atomic mass is 9.70. The molecule has 0 radical (unpaired) electrons. The fourth-order valence-corrected chi connectivity index (χ4v) is 8.45. The number of nitrogens with one attached hydrogen (secondary N) is 1. The molecule has 0 aromatic carbocycles. The first-order valence-electron chi connectivity index (χ1n) is 19.0. The molecule has 0 unspecified atom stereocenters. The van der Waals surface area contributed by atoms with Gasteiger partial charge in [-0.2, -0.15) is 0 Å². The molecule has 300 valence electrons. The number of pyridine rings is 1. The number of hydrogen-bond donors (Lipinski definition) is 2. The Morgan fingerprint density at radius 3 is 2.43 bits per heavy atom. The second-order valence-electron chi connectivity index (χ2n) is 15.9. The molecule has 4 heterocycles. The van der Waals surface area contributed by atoms with Gasteiger partial charge < -0.3 is 39.0 Å². The van der Waals surface area contributed by atoms with Crippen LogP contribution in [0.1, 0.15) is 86.6 Å². The second kappa shape index (κ2) is 17.8. The largest absolute Gasteiger partial charge is 0.458 e. The number of likely N-dealkylation sites (N-methyl/N-ethyl adjacent to an activating group) is 1. The third kappa shape index (κ3) is 9.55. The second-order valence-corrected chi connectivity index (χ2v) is 15.9. The minimum absolute atomic E-state index is 0.0632. The molecule has 13 atom stereocenters. The van der Waals surface area contributed by atoms with E-state index < -0.39 is 89.2 Å². The van der Waals surface area contributed by atoms with Gasteiger partial charge in [0.2, 0.25) is 0 Å². The van der Waals surface area contributed by atoms with Gasteiger partial charge in [-0.15, -0.1) is 0 Å². The number of aliphatic hydroxyl groups excluding tert-OH is 1. The van der Waals surface area contributed by atoms with Gasteiger partial charge in [-0.1, -0.05) is 45.9 Å². The minimum Gasteiger partial charge on any atom is -0.458 e. The summed E-state index contributed by atoms with van der Waals surface area (Å²) < 4.78 is 30.7. The van der Waals surface area contributed by atoms with Gasteiger partial charge in [0.05, 0.1) is 12.5 Å². The summed E-state index contributed by atoms with van der Waals surface area (Å²) in [5, 5.41) is 14.2. The van der Waals surface area contributed by atoms with Crippen molar-refractivity contribution in [3.63, 3.8) is 0 Å². The maximum atomic E-state index is 14.4. The number of amides is 1. The number of carbonyl (C=O) groups excluding carboxylic acids is 5. The van der Waals surface area contributed by atoms with Crippen molar-refractivity contribution in [1.82, 2.24) is 15.2 Å². The van der Waals surface area contributed by atoms with Crippen LogP contribution in [0.15, 0.2) is 30.6 Å². The first-order valence-corrected chi connectivity index (χ1v) is 19.0. The van der Waals surface area contributed by atoms with Crippen molar-refractivity contribution in [2.45, 2.75) is 129 Å². The number of alkyl carbamates (subject to hydrolysis) is 1. The van der Waals surface area contributed by atoms with Gasteiger partial charge in [0.1, 0.15) is 41.2 Å². The Morgan fingerprint density at radius 2 is 1.80 bits per heavy atom. The van der Waals surface area contributed by atoms with E-state index in [1.165, 1.54) is 6.92 Å². The van der Waals surface area contributed by atoms with E-state index in [2.05, 4.69) is 10.3 Å². The summed E-state index contributed by atoms with van der Waals surface area (Å²) in [6.45, 7) is 13.4. The Kier molecular flexibility index (Phi) is 14.2. The number of ketones is 2. The van der Waals surface area contributed by atoms with Crippen LogP contribution in [0.5, 0.6) is 0 Å². The lowest BCUT2D eigenvalue weighted by Crippen LogP contribution is -2.60. The number of esters is 2. The van der Waals surface area contributed by atoms with Crippen molar-refractivity contribution >= 4 is 35.7 Å². The summed E-state index contributed by atoms with van der Waals surface area (Å²) >= 11 is 0. The quantitative estimate of drug-likeness (QED) is 0.220. The molecule has 0 saturated carbocycles. The van der Waals surface area contributed by atoms with E-state index in [9.17, 15) is 29.1 Å². The molecule has 0 spiro atoms. The van der Waals surface area contributed by atoms with Crippen molar-refractivity contribution in [3.05, 3.63) is 36.2 Å². The van der Waals surface area contributed by atoms with Crippen molar-refractivity contribution in [2.24, 2.45) is 29.6 Å². The van der Waals surface area contributed by atoms with E-state index in [-0.39, 0.29) is 43.7 Å². The van der Waals surface area contributed by atoms with Crippen molar-refractivity contribution < 1.29 is 52.8 Å². The number of nitrogens with zero attached hydrogens (tertiary/aromatic N) is 2. The molecular weight excluding hydrogens is 698 g/mol. The van der Waals surface area contributed by atoms with Gasteiger partial charge >= 0.3 is 18.0 Å². The summed E-state index contributed by atoms with van der Waals surface area (Å²) in [6, 6.07) is 3.28. The number of aliphatic hydroxyl groups is 1. The first-order chi connectivity index (χ1) is 25.3. The van der Waals surface area contributed by atoms with Crippen LogP contribution in [-0.2, 0) is 42.9 Å². The van der Waals surface area contributed by atoms with E-state index in [1.54, 1.807) is 72.2 Å². The highest BCUT2D eigenvalue weighted by molar-refractivity contribution is 6.00. The third-order valence-electron chi connectivity index (χ3n) is 11.5. The fourth-order valence-electron chi connectivity index (χ4n) is 8.45.